The third-order valence-corrected chi connectivity index (χ3v) is 7.11. The fourth-order valence-electron chi connectivity index (χ4n) is 3.81. The molecule has 10 heteroatoms. The SMILES string of the molecule is Cc1ccc(S(=O)(=O)NCC2(C)CCCC2)cc1-c1cnc(N)c(-n2cncn2)n1. The van der Waals surface area contributed by atoms with Gasteiger partial charge in [-0.25, -0.2) is 28.1 Å². The Morgan fingerprint density at radius 1 is 1.27 bits per heavy atom. The molecule has 0 radical (unpaired) electrons. The summed E-state index contributed by atoms with van der Waals surface area (Å²) in [7, 11) is -3.65. The van der Waals surface area contributed by atoms with E-state index in [-0.39, 0.29) is 16.1 Å². The van der Waals surface area contributed by atoms with Gasteiger partial charge < -0.3 is 5.73 Å². The van der Waals surface area contributed by atoms with Gasteiger partial charge in [-0.15, -0.1) is 0 Å². The molecular weight excluding hydrogens is 402 g/mol. The van der Waals surface area contributed by atoms with E-state index in [1.165, 1.54) is 23.5 Å². The highest BCUT2D eigenvalue weighted by molar-refractivity contribution is 7.89. The van der Waals surface area contributed by atoms with E-state index in [4.69, 9.17) is 5.73 Å². The van der Waals surface area contributed by atoms with E-state index in [1.807, 2.05) is 6.92 Å². The summed E-state index contributed by atoms with van der Waals surface area (Å²) in [5.74, 6) is 0.544. The zero-order valence-electron chi connectivity index (χ0n) is 17.0. The summed E-state index contributed by atoms with van der Waals surface area (Å²) in [4.78, 5) is 12.9. The van der Waals surface area contributed by atoms with E-state index in [0.717, 1.165) is 31.2 Å². The van der Waals surface area contributed by atoms with Gasteiger partial charge in [0.05, 0.1) is 16.8 Å². The number of sulfonamides is 1. The maximum Gasteiger partial charge on any atom is 0.240 e. The zero-order valence-corrected chi connectivity index (χ0v) is 17.9. The van der Waals surface area contributed by atoms with Gasteiger partial charge in [-0.1, -0.05) is 25.8 Å². The number of anilines is 1. The molecule has 2 heterocycles. The highest BCUT2D eigenvalue weighted by Gasteiger charge is 2.30. The largest absolute Gasteiger partial charge is 0.381 e. The van der Waals surface area contributed by atoms with Gasteiger partial charge in [0.2, 0.25) is 10.0 Å². The summed E-state index contributed by atoms with van der Waals surface area (Å²) < 4.78 is 30.1. The van der Waals surface area contributed by atoms with E-state index < -0.39 is 10.0 Å². The molecule has 3 N–H and O–H groups in total. The second-order valence-electron chi connectivity index (χ2n) is 8.12. The van der Waals surface area contributed by atoms with Crippen molar-refractivity contribution in [3.63, 3.8) is 0 Å². The fraction of sp³-hybridized carbons (Fsp3) is 0.400. The van der Waals surface area contributed by atoms with Gasteiger partial charge in [0.1, 0.15) is 12.7 Å². The molecule has 158 valence electrons. The van der Waals surface area contributed by atoms with Crippen LogP contribution < -0.4 is 10.5 Å². The van der Waals surface area contributed by atoms with Gasteiger partial charge >= 0.3 is 0 Å². The highest BCUT2D eigenvalue weighted by Crippen LogP contribution is 2.37. The van der Waals surface area contributed by atoms with Gasteiger partial charge in [-0.3, -0.25) is 0 Å². The minimum atomic E-state index is -3.65. The molecule has 0 saturated heterocycles. The smallest absolute Gasteiger partial charge is 0.240 e. The predicted molar refractivity (Wildman–Crippen MR) is 113 cm³/mol. The molecule has 1 fully saturated rings. The van der Waals surface area contributed by atoms with Crippen molar-refractivity contribution in [2.75, 3.05) is 12.3 Å². The van der Waals surface area contributed by atoms with Crippen molar-refractivity contribution in [3.05, 3.63) is 42.6 Å². The monoisotopic (exact) mass is 427 g/mol. The number of hydrogen-bond acceptors (Lipinski definition) is 7. The van der Waals surface area contributed by atoms with Crippen molar-refractivity contribution >= 4 is 15.8 Å². The maximum atomic E-state index is 12.9. The summed E-state index contributed by atoms with van der Waals surface area (Å²) in [6, 6.07) is 5.01. The molecule has 1 aliphatic carbocycles. The summed E-state index contributed by atoms with van der Waals surface area (Å²) >= 11 is 0. The van der Waals surface area contributed by atoms with Crippen LogP contribution >= 0.6 is 0 Å². The predicted octanol–water partition coefficient (Wildman–Crippen LogP) is 2.47. The number of benzene rings is 1. The minimum Gasteiger partial charge on any atom is -0.381 e. The average Bonchev–Trinajstić information content (AvgIpc) is 3.40. The molecule has 1 saturated carbocycles. The van der Waals surface area contributed by atoms with Gasteiger partial charge in [-0.2, -0.15) is 9.78 Å². The van der Waals surface area contributed by atoms with Crippen molar-refractivity contribution in [3.8, 4) is 17.1 Å². The molecule has 3 aromatic rings. The van der Waals surface area contributed by atoms with Crippen LogP contribution in [0.2, 0.25) is 0 Å². The molecule has 0 amide bonds. The Morgan fingerprint density at radius 3 is 2.73 bits per heavy atom. The van der Waals surface area contributed by atoms with Crippen LogP contribution in [0.3, 0.4) is 0 Å². The first-order valence-corrected chi connectivity index (χ1v) is 11.3. The van der Waals surface area contributed by atoms with Crippen molar-refractivity contribution in [1.82, 2.24) is 29.5 Å². The minimum absolute atomic E-state index is 0.0235. The topological polar surface area (TPSA) is 129 Å². The number of aromatic nitrogens is 5. The Bertz CT molecular complexity index is 1150. The number of hydrogen-bond donors (Lipinski definition) is 2. The normalized spacial score (nSPS) is 16.1. The number of aryl methyl sites for hydroxylation is 1. The molecule has 0 aliphatic heterocycles. The Kier molecular flexibility index (Phi) is 5.29. The number of nitrogens with two attached hydrogens (primary N) is 1. The molecule has 0 spiro atoms. The average molecular weight is 428 g/mol. The van der Waals surface area contributed by atoms with Gasteiger partial charge in [0, 0.05) is 12.1 Å². The fourth-order valence-corrected chi connectivity index (χ4v) is 5.03. The molecule has 1 aliphatic rings. The summed E-state index contributed by atoms with van der Waals surface area (Å²) in [6.07, 6.45) is 8.77. The van der Waals surface area contributed by atoms with Gasteiger partial charge in [-0.05, 0) is 42.9 Å². The van der Waals surface area contributed by atoms with Crippen LogP contribution in [0.5, 0.6) is 0 Å². The number of nitrogens with one attached hydrogen (secondary N) is 1. The van der Waals surface area contributed by atoms with Crippen LogP contribution in [-0.4, -0.2) is 39.7 Å². The lowest BCUT2D eigenvalue weighted by molar-refractivity contribution is 0.336. The van der Waals surface area contributed by atoms with Crippen LogP contribution in [-0.2, 0) is 10.0 Å². The Hall–Kier alpha value is -2.85. The second-order valence-corrected chi connectivity index (χ2v) is 9.89. The third-order valence-electron chi connectivity index (χ3n) is 5.71. The van der Waals surface area contributed by atoms with E-state index in [1.54, 1.807) is 18.2 Å². The molecule has 4 rings (SSSR count). The summed E-state index contributed by atoms with van der Waals surface area (Å²) in [5.41, 5.74) is 8.01. The van der Waals surface area contributed by atoms with Crippen molar-refractivity contribution in [1.29, 1.82) is 0 Å². The molecule has 9 nitrogen and oxygen atoms in total. The lowest BCUT2D eigenvalue weighted by Gasteiger charge is -2.23. The summed E-state index contributed by atoms with van der Waals surface area (Å²) in [5, 5.41) is 4.05. The Balaban J connectivity index is 1.66. The highest BCUT2D eigenvalue weighted by atomic mass is 32.2. The standard InChI is InChI=1S/C20H25N7O2S/c1-14-5-6-15(30(28,29)25-11-20(2)7-3-4-8-20)9-16(14)17-10-23-18(21)19(26-17)27-13-22-12-24-27/h5-6,9-10,12-13,25H,3-4,7-8,11H2,1-2H3,(H2,21,23). The lowest BCUT2D eigenvalue weighted by atomic mass is 9.89. The third kappa shape index (κ3) is 4.05. The number of nitrogen functional groups attached to an aromatic ring is 1. The molecule has 0 unspecified atom stereocenters. The Morgan fingerprint density at radius 2 is 2.03 bits per heavy atom. The second kappa shape index (κ2) is 7.77. The molecule has 1 aromatic carbocycles. The number of rotatable bonds is 6. The van der Waals surface area contributed by atoms with Gasteiger partial charge in [0.25, 0.3) is 0 Å². The molecule has 0 bridgehead atoms. The Labute approximate surface area is 175 Å². The van der Waals surface area contributed by atoms with Crippen LogP contribution in [0, 0.1) is 12.3 Å². The van der Waals surface area contributed by atoms with E-state index in [9.17, 15) is 8.42 Å². The molecule has 0 atom stereocenters. The van der Waals surface area contributed by atoms with Crippen LogP contribution in [0.1, 0.15) is 38.2 Å². The van der Waals surface area contributed by atoms with E-state index >= 15 is 0 Å². The van der Waals surface area contributed by atoms with Crippen LogP contribution in [0.15, 0.2) is 41.9 Å². The maximum absolute atomic E-state index is 12.9. The molecular formula is C20H25N7O2S. The number of nitrogens with zero attached hydrogens (tertiary/aromatic N) is 5. The molecule has 2 aromatic heterocycles. The summed E-state index contributed by atoms with van der Waals surface area (Å²) in [6.45, 7) is 4.47. The first-order chi connectivity index (χ1) is 14.3. The van der Waals surface area contributed by atoms with Crippen molar-refractivity contribution in [2.45, 2.75) is 44.4 Å². The quantitative estimate of drug-likeness (QED) is 0.618. The van der Waals surface area contributed by atoms with Gasteiger partial charge in [0.15, 0.2) is 11.6 Å². The van der Waals surface area contributed by atoms with Crippen LogP contribution in [0.4, 0.5) is 5.82 Å². The zero-order chi connectivity index (χ0) is 21.4. The van der Waals surface area contributed by atoms with Crippen molar-refractivity contribution < 1.29 is 8.42 Å². The lowest BCUT2D eigenvalue weighted by Crippen LogP contribution is -2.34. The van der Waals surface area contributed by atoms with Crippen LogP contribution in [0.25, 0.3) is 17.1 Å². The first-order valence-electron chi connectivity index (χ1n) is 9.86. The van der Waals surface area contributed by atoms with E-state index in [2.05, 4.69) is 31.7 Å². The van der Waals surface area contributed by atoms with E-state index in [0.29, 0.717) is 23.6 Å². The first kappa shape index (κ1) is 20.4. The molecule has 30 heavy (non-hydrogen) atoms. The van der Waals surface area contributed by atoms with Crippen molar-refractivity contribution in [2.24, 2.45) is 5.41 Å².